The van der Waals surface area contributed by atoms with Crippen LogP contribution in [0.2, 0.25) is 0 Å². The van der Waals surface area contributed by atoms with Crippen LogP contribution >= 0.6 is 0 Å². The zero-order valence-electron chi connectivity index (χ0n) is 14.1. The van der Waals surface area contributed by atoms with Crippen molar-refractivity contribution in [3.63, 3.8) is 0 Å². The van der Waals surface area contributed by atoms with E-state index < -0.39 is 29.3 Å². The average Bonchev–Trinajstić information content (AvgIpc) is 2.78. The minimum atomic E-state index is -1.01. The number of aliphatic imine (C=N–C) groups is 2. The van der Waals surface area contributed by atoms with Gasteiger partial charge in [-0.1, -0.05) is 13.3 Å². The predicted molar refractivity (Wildman–Crippen MR) is 89.4 cm³/mol. The van der Waals surface area contributed by atoms with Gasteiger partial charge in [-0.25, -0.2) is 9.79 Å². The van der Waals surface area contributed by atoms with E-state index in [-0.39, 0.29) is 12.5 Å². The summed E-state index contributed by atoms with van der Waals surface area (Å²) >= 11 is 0. The third-order valence-corrected chi connectivity index (χ3v) is 5.79. The molecular formula is C15H26N6O3. The van der Waals surface area contributed by atoms with Gasteiger partial charge in [-0.2, -0.15) is 0 Å². The van der Waals surface area contributed by atoms with Gasteiger partial charge in [0.1, 0.15) is 18.7 Å². The number of guanidine groups is 1. The molecule has 5 unspecified atom stereocenters. The molecule has 134 valence electrons. The van der Waals surface area contributed by atoms with Crippen LogP contribution in [-0.4, -0.2) is 64.3 Å². The Morgan fingerprint density at radius 1 is 1.46 bits per heavy atom. The van der Waals surface area contributed by atoms with Crippen LogP contribution in [0.4, 0.5) is 4.79 Å². The van der Waals surface area contributed by atoms with E-state index in [9.17, 15) is 9.90 Å². The molecule has 7 N–H and O–H groups in total. The molecule has 3 aliphatic heterocycles. The standard InChI is InChI=1S/C15H26N6O3/c1-3-8-6-10(16)20-11-9(7-24-13(18)22)19-12(17)21-5-4-14(2,23)15(8,11)21/h8-9,11,23H,3-7H2,1-2H3,(H2,16,20)(H2,17,19)(H2,18,22). The molecule has 1 amide bonds. The maximum atomic E-state index is 11.3. The molecule has 0 aromatic heterocycles. The Kier molecular flexibility index (Phi) is 3.86. The second kappa shape index (κ2) is 5.51. The zero-order chi connectivity index (χ0) is 17.7. The highest BCUT2D eigenvalue weighted by Crippen LogP contribution is 2.53. The Morgan fingerprint density at radius 2 is 2.17 bits per heavy atom. The first-order valence-corrected chi connectivity index (χ1v) is 8.31. The molecule has 1 spiro atoms. The van der Waals surface area contributed by atoms with Crippen molar-refractivity contribution in [1.29, 1.82) is 0 Å². The number of aliphatic hydroxyl groups is 1. The highest BCUT2D eigenvalue weighted by atomic mass is 16.5. The summed E-state index contributed by atoms with van der Waals surface area (Å²) in [6.07, 6.45) is 1.10. The van der Waals surface area contributed by atoms with Gasteiger partial charge in [-0.15, -0.1) is 0 Å². The van der Waals surface area contributed by atoms with Crippen molar-refractivity contribution in [3.05, 3.63) is 0 Å². The summed E-state index contributed by atoms with van der Waals surface area (Å²) in [5, 5.41) is 11.3. The van der Waals surface area contributed by atoms with Crippen LogP contribution in [0, 0.1) is 5.92 Å². The van der Waals surface area contributed by atoms with Crippen LogP contribution in [0.3, 0.4) is 0 Å². The lowest BCUT2D eigenvalue weighted by Gasteiger charge is -2.58. The lowest BCUT2D eigenvalue weighted by Crippen LogP contribution is -2.75. The van der Waals surface area contributed by atoms with Gasteiger partial charge in [-0.05, 0) is 19.3 Å². The van der Waals surface area contributed by atoms with E-state index in [0.717, 1.165) is 6.42 Å². The number of rotatable bonds is 3. The fraction of sp³-hybridized carbons (Fsp3) is 0.800. The summed E-state index contributed by atoms with van der Waals surface area (Å²) < 4.78 is 4.96. The van der Waals surface area contributed by atoms with E-state index in [1.165, 1.54) is 0 Å². The van der Waals surface area contributed by atoms with Gasteiger partial charge >= 0.3 is 6.09 Å². The van der Waals surface area contributed by atoms with Gasteiger partial charge in [0, 0.05) is 13.0 Å². The average molecular weight is 338 g/mol. The third-order valence-electron chi connectivity index (χ3n) is 5.79. The van der Waals surface area contributed by atoms with Crippen molar-refractivity contribution in [2.45, 2.75) is 56.3 Å². The van der Waals surface area contributed by atoms with Crippen molar-refractivity contribution >= 4 is 17.9 Å². The molecule has 0 aromatic carbocycles. The maximum Gasteiger partial charge on any atom is 0.404 e. The first-order valence-electron chi connectivity index (χ1n) is 8.31. The lowest BCUT2D eigenvalue weighted by atomic mass is 9.62. The number of hydrogen-bond donors (Lipinski definition) is 4. The molecule has 3 aliphatic rings. The van der Waals surface area contributed by atoms with Gasteiger partial charge in [0.05, 0.1) is 17.0 Å². The molecule has 0 saturated carbocycles. The van der Waals surface area contributed by atoms with Crippen LogP contribution in [0.5, 0.6) is 0 Å². The summed E-state index contributed by atoms with van der Waals surface area (Å²) in [7, 11) is 0. The van der Waals surface area contributed by atoms with Gasteiger partial charge in [0.25, 0.3) is 0 Å². The monoisotopic (exact) mass is 338 g/mol. The second-order valence-corrected chi connectivity index (χ2v) is 7.06. The Bertz CT molecular complexity index is 604. The number of ether oxygens (including phenoxy) is 1. The summed E-state index contributed by atoms with van der Waals surface area (Å²) in [6, 6.07) is -0.966. The summed E-state index contributed by atoms with van der Waals surface area (Å²) in [4.78, 5) is 22.1. The quantitative estimate of drug-likeness (QED) is 0.525. The number of nitrogens with two attached hydrogens (primary N) is 3. The third kappa shape index (κ3) is 2.14. The molecule has 1 saturated heterocycles. The molecule has 9 heteroatoms. The molecular weight excluding hydrogens is 312 g/mol. The molecule has 0 bridgehead atoms. The van der Waals surface area contributed by atoms with E-state index in [4.69, 9.17) is 21.9 Å². The van der Waals surface area contributed by atoms with Crippen molar-refractivity contribution in [1.82, 2.24) is 4.90 Å². The molecule has 0 aromatic rings. The largest absolute Gasteiger partial charge is 0.447 e. The summed E-state index contributed by atoms with van der Waals surface area (Å²) in [5.41, 5.74) is 15.6. The van der Waals surface area contributed by atoms with Crippen LogP contribution in [0.1, 0.15) is 33.1 Å². The number of amidine groups is 1. The van der Waals surface area contributed by atoms with E-state index in [1.807, 2.05) is 11.8 Å². The Morgan fingerprint density at radius 3 is 2.79 bits per heavy atom. The molecule has 9 nitrogen and oxygen atoms in total. The van der Waals surface area contributed by atoms with Crippen molar-refractivity contribution in [2.24, 2.45) is 33.1 Å². The van der Waals surface area contributed by atoms with E-state index in [1.54, 1.807) is 0 Å². The molecule has 3 heterocycles. The molecule has 24 heavy (non-hydrogen) atoms. The first-order chi connectivity index (χ1) is 11.2. The number of amides is 1. The number of hydrogen-bond acceptors (Lipinski definition) is 8. The van der Waals surface area contributed by atoms with Crippen LogP contribution in [0.15, 0.2) is 9.98 Å². The molecule has 0 radical (unpaired) electrons. The van der Waals surface area contributed by atoms with E-state index in [0.29, 0.717) is 31.2 Å². The van der Waals surface area contributed by atoms with Crippen molar-refractivity contribution < 1.29 is 14.6 Å². The van der Waals surface area contributed by atoms with Crippen LogP contribution in [-0.2, 0) is 4.74 Å². The van der Waals surface area contributed by atoms with Crippen molar-refractivity contribution in [3.8, 4) is 0 Å². The highest BCUT2D eigenvalue weighted by molar-refractivity contribution is 5.85. The van der Waals surface area contributed by atoms with Crippen LogP contribution < -0.4 is 17.2 Å². The summed E-state index contributed by atoms with van der Waals surface area (Å²) in [6.45, 7) is 4.45. The normalized spacial score (nSPS) is 41.1. The van der Waals surface area contributed by atoms with Gasteiger partial charge in [0.15, 0.2) is 5.96 Å². The molecule has 1 fully saturated rings. The second-order valence-electron chi connectivity index (χ2n) is 7.06. The van der Waals surface area contributed by atoms with Gasteiger partial charge < -0.3 is 31.9 Å². The lowest BCUT2D eigenvalue weighted by molar-refractivity contribution is -0.0925. The minimum Gasteiger partial charge on any atom is -0.447 e. The summed E-state index contributed by atoms with van der Waals surface area (Å²) in [5.74, 6) is 0.943. The minimum absolute atomic E-state index is 0.0421. The predicted octanol–water partition coefficient (Wildman–Crippen LogP) is -0.870. The van der Waals surface area contributed by atoms with Crippen LogP contribution in [0.25, 0.3) is 0 Å². The fourth-order valence-electron chi connectivity index (χ4n) is 4.87. The van der Waals surface area contributed by atoms with Gasteiger partial charge in [0.2, 0.25) is 0 Å². The number of nitrogens with zero attached hydrogens (tertiary/aromatic N) is 3. The molecule has 0 aliphatic carbocycles. The first kappa shape index (κ1) is 16.8. The fourth-order valence-corrected chi connectivity index (χ4v) is 4.87. The Labute approximate surface area is 140 Å². The van der Waals surface area contributed by atoms with Gasteiger partial charge in [-0.3, -0.25) is 4.99 Å². The maximum absolute atomic E-state index is 11.3. The SMILES string of the molecule is CCC1CC(N)=NC2C(COC(N)=O)N=C(N)N3CCC(C)(O)C123. The topological polar surface area (TPSA) is 153 Å². The highest BCUT2D eigenvalue weighted by Gasteiger charge is 2.68. The molecule has 5 atom stereocenters. The smallest absolute Gasteiger partial charge is 0.404 e. The number of carbonyl (C=O) groups excluding carboxylic acids is 1. The van der Waals surface area contributed by atoms with E-state index in [2.05, 4.69) is 16.9 Å². The zero-order valence-corrected chi connectivity index (χ0v) is 14.1. The Hall–Kier alpha value is -2.03. The number of carbonyl (C=O) groups is 1. The van der Waals surface area contributed by atoms with E-state index >= 15 is 0 Å². The van der Waals surface area contributed by atoms with Crippen molar-refractivity contribution in [2.75, 3.05) is 13.2 Å². The molecule has 3 rings (SSSR count). The number of primary amides is 1. The Balaban J connectivity index is 2.13.